The first kappa shape index (κ1) is 20.8. The Labute approximate surface area is 182 Å². The van der Waals surface area contributed by atoms with Crippen LogP contribution in [0.4, 0.5) is 17.1 Å². The van der Waals surface area contributed by atoms with Crippen LogP contribution in [0.25, 0.3) is 11.0 Å². The summed E-state index contributed by atoms with van der Waals surface area (Å²) >= 11 is 0. The molecule has 31 heavy (non-hydrogen) atoms. The van der Waals surface area contributed by atoms with Crippen molar-refractivity contribution in [1.82, 2.24) is 9.13 Å². The average Bonchev–Trinajstić information content (AvgIpc) is 3.02. The van der Waals surface area contributed by atoms with Gasteiger partial charge in [-0.2, -0.15) is 0 Å². The lowest BCUT2D eigenvalue weighted by atomic mass is 9.98. The second kappa shape index (κ2) is 8.37. The number of imidazole rings is 1. The van der Waals surface area contributed by atoms with Gasteiger partial charge in [-0.05, 0) is 55.3 Å². The summed E-state index contributed by atoms with van der Waals surface area (Å²) < 4.78 is 4.14. The molecule has 1 aliphatic rings. The number of piperidine rings is 1. The Morgan fingerprint density at radius 1 is 1.10 bits per heavy atom. The molecule has 3 aromatic rings. The van der Waals surface area contributed by atoms with Crippen molar-refractivity contribution < 1.29 is 9.90 Å². The first-order valence-corrected chi connectivity index (χ1v) is 10.6. The van der Waals surface area contributed by atoms with E-state index in [9.17, 15) is 9.90 Å². The smallest absolute Gasteiger partial charge is 0.308 e. The maximum Gasteiger partial charge on any atom is 0.308 e. The van der Waals surface area contributed by atoms with Crippen molar-refractivity contribution in [3.05, 3.63) is 48.1 Å². The van der Waals surface area contributed by atoms with Crippen LogP contribution in [0, 0.1) is 5.92 Å². The maximum absolute atomic E-state index is 11.3. The highest BCUT2D eigenvalue weighted by molar-refractivity contribution is 5.80. The van der Waals surface area contributed by atoms with Gasteiger partial charge in [0.25, 0.3) is 0 Å². The van der Waals surface area contributed by atoms with E-state index in [1.807, 2.05) is 52.5 Å². The van der Waals surface area contributed by atoms with Gasteiger partial charge >= 0.3 is 5.97 Å². The van der Waals surface area contributed by atoms with Crippen LogP contribution in [0.15, 0.2) is 47.6 Å². The summed E-state index contributed by atoms with van der Waals surface area (Å²) in [7, 11) is 8.09. The van der Waals surface area contributed by atoms with Crippen LogP contribution in [0.2, 0.25) is 0 Å². The molecule has 0 bridgehead atoms. The van der Waals surface area contributed by atoms with E-state index in [1.165, 1.54) is 0 Å². The van der Waals surface area contributed by atoms with E-state index in [4.69, 9.17) is 0 Å². The van der Waals surface area contributed by atoms with Gasteiger partial charge in [0.05, 0.1) is 22.6 Å². The van der Waals surface area contributed by atoms with Gasteiger partial charge in [-0.25, -0.2) is 0 Å². The largest absolute Gasteiger partial charge is 0.481 e. The van der Waals surface area contributed by atoms with E-state index >= 15 is 0 Å². The van der Waals surface area contributed by atoms with Gasteiger partial charge in [0.15, 0.2) is 0 Å². The predicted octanol–water partition coefficient (Wildman–Crippen LogP) is 2.81. The number of nitrogens with zero attached hydrogens (tertiary/aromatic N) is 5. The Balaban J connectivity index is 1.55. The quantitative estimate of drug-likeness (QED) is 0.619. The first-order valence-electron chi connectivity index (χ1n) is 10.6. The van der Waals surface area contributed by atoms with E-state index in [0.29, 0.717) is 6.54 Å². The molecule has 1 fully saturated rings. The second-order valence-corrected chi connectivity index (χ2v) is 8.38. The van der Waals surface area contributed by atoms with E-state index in [1.54, 1.807) is 0 Å². The number of carbonyl (C=O) groups is 1. The molecule has 1 aliphatic heterocycles. The van der Waals surface area contributed by atoms with Crippen LogP contribution in [0.1, 0.15) is 12.8 Å². The standard InChI is InChI=1S/C23H30N6O2/c1-26(2)19-11-12-20-21(14-19)28(4)23(27(20)3)25-24-17-7-9-18(10-8-17)29-13-5-6-16(15-29)22(30)31/h7-12,14,16,24H,5-6,13,15H2,1-4H3,(H,30,31). The minimum absolute atomic E-state index is 0.291. The number of carboxylic acid groups (broad SMARTS) is 1. The highest BCUT2D eigenvalue weighted by Gasteiger charge is 2.25. The molecule has 0 aliphatic carbocycles. The van der Waals surface area contributed by atoms with Crippen LogP contribution >= 0.6 is 0 Å². The number of benzene rings is 2. The zero-order valence-corrected chi connectivity index (χ0v) is 18.5. The monoisotopic (exact) mass is 422 g/mol. The number of anilines is 3. The molecule has 1 aromatic heterocycles. The summed E-state index contributed by atoms with van der Waals surface area (Å²) in [5, 5.41) is 13.9. The topological polar surface area (TPSA) is 78.0 Å². The van der Waals surface area contributed by atoms with Gasteiger partial charge in [-0.15, -0.1) is 5.10 Å². The molecule has 2 aromatic carbocycles. The molecule has 1 saturated heterocycles. The average molecular weight is 423 g/mol. The summed E-state index contributed by atoms with van der Waals surface area (Å²) in [5.74, 6) is -0.997. The highest BCUT2D eigenvalue weighted by atomic mass is 16.4. The third kappa shape index (κ3) is 4.10. The van der Waals surface area contributed by atoms with Gasteiger partial charge in [0.1, 0.15) is 0 Å². The first-order chi connectivity index (χ1) is 14.8. The Morgan fingerprint density at radius 2 is 1.81 bits per heavy atom. The third-order valence-corrected chi connectivity index (χ3v) is 6.09. The fraction of sp³-hybridized carbons (Fsp3) is 0.391. The molecule has 2 heterocycles. The van der Waals surface area contributed by atoms with Crippen molar-refractivity contribution in [3.8, 4) is 0 Å². The van der Waals surface area contributed by atoms with Crippen LogP contribution < -0.4 is 20.8 Å². The summed E-state index contributed by atoms with van der Waals surface area (Å²) in [6.07, 6.45) is 1.65. The number of fused-ring (bicyclic) bond motifs is 1. The lowest BCUT2D eigenvalue weighted by Crippen LogP contribution is -2.38. The molecule has 164 valence electrons. The molecule has 8 nitrogen and oxygen atoms in total. The number of aliphatic carboxylic acids is 1. The number of aryl methyl sites for hydroxylation is 2. The van der Waals surface area contributed by atoms with Crippen molar-refractivity contribution in [2.24, 2.45) is 25.1 Å². The summed E-state index contributed by atoms with van der Waals surface area (Å²) in [5.41, 5.74) is 9.27. The van der Waals surface area contributed by atoms with E-state index in [-0.39, 0.29) is 5.92 Å². The molecule has 0 radical (unpaired) electrons. The second-order valence-electron chi connectivity index (χ2n) is 8.38. The van der Waals surface area contributed by atoms with Crippen molar-refractivity contribution in [1.29, 1.82) is 0 Å². The number of hydrogen-bond donors (Lipinski definition) is 2. The van der Waals surface area contributed by atoms with Gasteiger partial charge in [-0.1, -0.05) is 0 Å². The Bertz CT molecular complexity index is 1160. The molecule has 0 spiro atoms. The van der Waals surface area contributed by atoms with Gasteiger partial charge in [0.2, 0.25) is 5.62 Å². The number of aromatic nitrogens is 2. The van der Waals surface area contributed by atoms with Crippen LogP contribution in [-0.4, -0.2) is 47.4 Å². The molecule has 4 rings (SSSR count). The molecule has 8 heteroatoms. The highest BCUT2D eigenvalue weighted by Crippen LogP contribution is 2.25. The third-order valence-electron chi connectivity index (χ3n) is 6.09. The van der Waals surface area contributed by atoms with Gasteiger partial charge in [0, 0.05) is 52.7 Å². The van der Waals surface area contributed by atoms with Crippen LogP contribution in [0.3, 0.4) is 0 Å². The molecular formula is C23H30N6O2. The van der Waals surface area contributed by atoms with Crippen molar-refractivity contribution in [2.45, 2.75) is 12.8 Å². The fourth-order valence-electron chi connectivity index (χ4n) is 4.21. The molecule has 1 atom stereocenters. The van der Waals surface area contributed by atoms with Crippen molar-refractivity contribution in [3.63, 3.8) is 0 Å². The van der Waals surface area contributed by atoms with E-state index < -0.39 is 5.97 Å². The minimum atomic E-state index is -0.706. The summed E-state index contributed by atoms with van der Waals surface area (Å²) in [6, 6.07) is 14.4. The lowest BCUT2D eigenvalue weighted by molar-refractivity contribution is -0.141. The number of nitrogens with one attached hydrogen (secondary N) is 1. The van der Waals surface area contributed by atoms with Crippen molar-refractivity contribution >= 4 is 34.1 Å². The Morgan fingerprint density at radius 3 is 2.48 bits per heavy atom. The zero-order valence-electron chi connectivity index (χ0n) is 18.5. The van der Waals surface area contributed by atoms with Crippen LogP contribution in [-0.2, 0) is 18.9 Å². The number of rotatable bonds is 5. The van der Waals surface area contributed by atoms with Crippen LogP contribution in [0.5, 0.6) is 0 Å². The lowest BCUT2D eigenvalue weighted by Gasteiger charge is -2.32. The zero-order chi connectivity index (χ0) is 22.1. The molecule has 0 saturated carbocycles. The molecular weight excluding hydrogens is 392 g/mol. The van der Waals surface area contributed by atoms with E-state index in [0.717, 1.165) is 53.1 Å². The van der Waals surface area contributed by atoms with E-state index in [2.05, 4.69) is 47.7 Å². The molecule has 1 unspecified atom stereocenters. The summed E-state index contributed by atoms with van der Waals surface area (Å²) in [6.45, 7) is 1.45. The Kier molecular flexibility index (Phi) is 5.63. The summed E-state index contributed by atoms with van der Waals surface area (Å²) in [4.78, 5) is 15.6. The molecule has 2 N–H and O–H groups in total. The fourth-order valence-corrected chi connectivity index (χ4v) is 4.21. The molecule has 0 amide bonds. The van der Waals surface area contributed by atoms with Gasteiger partial charge < -0.3 is 24.0 Å². The SMILES string of the molecule is CN(C)c1ccc2c(c1)n(C)c(=NNc1ccc(N3CCCC(C(=O)O)C3)cc1)n2C. The number of carboxylic acids is 1. The maximum atomic E-state index is 11.3. The van der Waals surface area contributed by atoms with Gasteiger partial charge in [-0.3, -0.25) is 10.2 Å². The predicted molar refractivity (Wildman–Crippen MR) is 124 cm³/mol. The Hall–Kier alpha value is -3.42. The van der Waals surface area contributed by atoms with Crippen molar-refractivity contribution in [2.75, 3.05) is 42.4 Å². The number of hydrogen-bond acceptors (Lipinski definition) is 5. The normalized spacial score (nSPS) is 17.2. The minimum Gasteiger partial charge on any atom is -0.481 e.